The van der Waals surface area contributed by atoms with E-state index in [-0.39, 0.29) is 30.1 Å². The predicted molar refractivity (Wildman–Crippen MR) is 191 cm³/mol. The van der Waals surface area contributed by atoms with Gasteiger partial charge >= 0.3 is 18.3 Å². The number of alkyl halides is 6. The Hall–Kier alpha value is -6.46. The molecule has 6 aromatic rings. The average molecular weight is 780 g/mol. The maximum Gasteiger partial charge on any atom is 0.416 e. The van der Waals surface area contributed by atoms with Crippen LogP contribution in [-0.4, -0.2) is 75.4 Å². The highest BCUT2D eigenvalue weighted by atomic mass is 19.4. The number of hydrogen-bond acceptors (Lipinski definition) is 8. The largest absolute Gasteiger partial charge is 0.478 e. The molecular formula is C38H35F6N9O3. The van der Waals surface area contributed by atoms with Gasteiger partial charge in [-0.3, -0.25) is 4.79 Å². The van der Waals surface area contributed by atoms with Crippen LogP contribution in [0.25, 0.3) is 22.8 Å². The van der Waals surface area contributed by atoms with Crippen molar-refractivity contribution >= 4 is 11.9 Å². The molecule has 0 spiro atoms. The quantitative estimate of drug-likeness (QED) is 0.143. The van der Waals surface area contributed by atoms with E-state index in [1.54, 1.807) is 55.4 Å². The second-order valence-corrected chi connectivity index (χ2v) is 12.5. The first kappa shape index (κ1) is 40.7. The molecule has 0 aliphatic heterocycles. The lowest BCUT2D eigenvalue weighted by atomic mass is 9.96. The van der Waals surface area contributed by atoms with Gasteiger partial charge in [-0.05, 0) is 95.8 Å². The third-order valence-electron chi connectivity index (χ3n) is 8.56. The summed E-state index contributed by atoms with van der Waals surface area (Å²) >= 11 is 0. The summed E-state index contributed by atoms with van der Waals surface area (Å²) in [4.78, 5) is 28.2. The number of aromatic carboxylic acids is 1. The molecule has 1 N–H and O–H groups in total. The monoisotopic (exact) mass is 779 g/mol. The van der Waals surface area contributed by atoms with E-state index in [0.29, 0.717) is 57.9 Å². The minimum atomic E-state index is -4.43. The molecule has 2 aromatic heterocycles. The smallest absolute Gasteiger partial charge is 0.416 e. The van der Waals surface area contributed by atoms with Crippen LogP contribution in [0.3, 0.4) is 0 Å². The normalized spacial score (nSPS) is 11.5. The highest BCUT2D eigenvalue weighted by molar-refractivity contribution is 5.95. The Bertz CT molecular complexity index is 2330. The summed E-state index contributed by atoms with van der Waals surface area (Å²) < 4.78 is 77.9. The van der Waals surface area contributed by atoms with Crippen molar-refractivity contribution in [3.63, 3.8) is 0 Å². The number of aryl methyl sites for hydroxylation is 2. The number of nitrogens with zero attached hydrogens (tertiary/aromatic N) is 9. The van der Waals surface area contributed by atoms with Crippen molar-refractivity contribution in [1.82, 2.24) is 45.3 Å². The summed E-state index contributed by atoms with van der Waals surface area (Å²) in [6.45, 7) is 4.93. The molecule has 0 saturated carbocycles. The molecular weight excluding hydrogens is 744 g/mol. The van der Waals surface area contributed by atoms with E-state index in [0.717, 1.165) is 24.3 Å². The molecule has 0 atom stereocenters. The van der Waals surface area contributed by atoms with E-state index in [1.807, 2.05) is 13.8 Å². The predicted octanol–water partition coefficient (Wildman–Crippen LogP) is 7.15. The first-order valence-electron chi connectivity index (χ1n) is 17.1. The van der Waals surface area contributed by atoms with Crippen LogP contribution in [0.2, 0.25) is 0 Å². The van der Waals surface area contributed by atoms with Crippen LogP contribution in [0.4, 0.5) is 26.3 Å². The molecule has 0 fully saturated rings. The van der Waals surface area contributed by atoms with Crippen LogP contribution in [0.1, 0.15) is 67.9 Å². The fourth-order valence-corrected chi connectivity index (χ4v) is 5.78. The van der Waals surface area contributed by atoms with Crippen molar-refractivity contribution in [3.05, 3.63) is 129 Å². The fourth-order valence-electron chi connectivity index (χ4n) is 5.78. The Morgan fingerprint density at radius 1 is 0.643 bits per heavy atom. The molecule has 0 aliphatic carbocycles. The Morgan fingerprint density at radius 3 is 1.45 bits per heavy atom. The highest BCUT2D eigenvalue weighted by Gasteiger charge is 2.31. The van der Waals surface area contributed by atoms with E-state index in [4.69, 9.17) is 0 Å². The van der Waals surface area contributed by atoms with Crippen LogP contribution in [0, 0.1) is 0 Å². The van der Waals surface area contributed by atoms with Crippen LogP contribution in [0.15, 0.2) is 84.9 Å². The van der Waals surface area contributed by atoms with Gasteiger partial charge < -0.3 is 10.0 Å². The topological polar surface area (TPSA) is 145 Å². The molecule has 0 radical (unpaired) electrons. The number of benzene rings is 4. The number of rotatable bonds is 10. The number of amides is 1. The van der Waals surface area contributed by atoms with Gasteiger partial charge in [-0.2, -0.15) is 35.9 Å². The molecule has 0 bridgehead atoms. The maximum absolute atomic E-state index is 13.1. The van der Waals surface area contributed by atoms with Gasteiger partial charge in [0.15, 0.2) is 0 Å². The Morgan fingerprint density at radius 2 is 1.07 bits per heavy atom. The van der Waals surface area contributed by atoms with Crippen LogP contribution >= 0.6 is 0 Å². The van der Waals surface area contributed by atoms with E-state index in [9.17, 15) is 41.0 Å². The zero-order valence-electron chi connectivity index (χ0n) is 30.5. The maximum atomic E-state index is 13.1. The molecule has 2 heterocycles. The molecule has 0 aliphatic rings. The van der Waals surface area contributed by atoms with Crippen LogP contribution in [-0.2, 0) is 39.3 Å². The molecule has 0 saturated heterocycles. The third-order valence-corrected chi connectivity index (χ3v) is 8.56. The van der Waals surface area contributed by atoms with Gasteiger partial charge in [0.1, 0.15) is 0 Å². The van der Waals surface area contributed by atoms with E-state index in [2.05, 4.69) is 30.8 Å². The van der Waals surface area contributed by atoms with Gasteiger partial charge in [-0.15, -0.1) is 20.4 Å². The van der Waals surface area contributed by atoms with Crippen molar-refractivity contribution in [1.29, 1.82) is 0 Å². The Balaban J connectivity index is 0.000000216. The van der Waals surface area contributed by atoms with Crippen molar-refractivity contribution < 1.29 is 41.0 Å². The molecule has 1 amide bonds. The van der Waals surface area contributed by atoms with Gasteiger partial charge in [-0.25, -0.2) is 4.79 Å². The molecule has 0 unspecified atom stereocenters. The molecule has 18 heteroatoms. The first-order valence-corrected chi connectivity index (χ1v) is 17.1. The minimum Gasteiger partial charge on any atom is -0.478 e. The SMILES string of the molecule is CCN(CC)C(=O)c1ccc(Cc2cccc(C(F)(F)F)c2)c(-c2nnn(C)n2)c1.Cn1nnc(-c2cc(C(=O)O)ccc2Cc2cccc(C(F)(F)F)c2)n1. The van der Waals surface area contributed by atoms with Crippen LogP contribution < -0.4 is 0 Å². The van der Waals surface area contributed by atoms with Gasteiger partial charge in [-0.1, -0.05) is 48.5 Å². The number of carbonyl (C=O) groups is 2. The Labute approximate surface area is 316 Å². The molecule has 6 rings (SSSR count). The van der Waals surface area contributed by atoms with Crippen molar-refractivity contribution in [2.75, 3.05) is 13.1 Å². The second-order valence-electron chi connectivity index (χ2n) is 12.5. The van der Waals surface area contributed by atoms with Gasteiger partial charge in [0, 0.05) is 29.8 Å². The second kappa shape index (κ2) is 16.9. The minimum absolute atomic E-state index is 0.0280. The lowest BCUT2D eigenvalue weighted by Crippen LogP contribution is -2.30. The molecule has 12 nitrogen and oxygen atoms in total. The standard InChI is InChI=1S/C21H22F3N5O.C17H13F3N4O2/c1-4-29(5-2)20(30)16-10-9-15(18(13-16)19-25-27-28(3)26-19)11-14-7-6-8-17(12-14)21(22,23)24;1-24-22-15(21-23-24)14-9-12(16(25)26)6-5-11(14)7-10-3-2-4-13(8-10)17(18,19)20/h6-10,12-13H,4-5,11H2,1-3H3;2-6,8-9H,7H2,1H3,(H,25,26). The molecule has 4 aromatic carbocycles. The van der Waals surface area contributed by atoms with Crippen LogP contribution in [0.5, 0.6) is 0 Å². The number of tetrazole rings is 2. The number of hydrogen-bond donors (Lipinski definition) is 1. The summed E-state index contributed by atoms with van der Waals surface area (Å²) in [5.41, 5.74) is 2.28. The fraction of sp³-hybridized carbons (Fsp3) is 0.263. The summed E-state index contributed by atoms with van der Waals surface area (Å²) in [5.74, 6) is -0.734. The van der Waals surface area contributed by atoms with Crippen molar-refractivity contribution in [2.45, 2.75) is 39.0 Å². The Kier molecular flexibility index (Phi) is 12.3. The third kappa shape index (κ3) is 9.99. The molecule has 56 heavy (non-hydrogen) atoms. The zero-order chi connectivity index (χ0) is 40.8. The van der Waals surface area contributed by atoms with E-state index in [1.165, 1.54) is 33.9 Å². The molecule has 292 valence electrons. The van der Waals surface area contributed by atoms with Crippen molar-refractivity contribution in [3.8, 4) is 22.8 Å². The van der Waals surface area contributed by atoms with Crippen molar-refractivity contribution in [2.24, 2.45) is 14.1 Å². The number of carbonyl (C=O) groups excluding carboxylic acids is 1. The lowest BCUT2D eigenvalue weighted by molar-refractivity contribution is -0.138. The summed E-state index contributed by atoms with van der Waals surface area (Å²) in [5, 5.41) is 32.9. The average Bonchev–Trinajstić information content (AvgIpc) is 3.80. The zero-order valence-corrected chi connectivity index (χ0v) is 30.5. The number of halogens is 6. The number of carboxylic acid groups (broad SMARTS) is 1. The highest BCUT2D eigenvalue weighted by Crippen LogP contribution is 2.33. The van der Waals surface area contributed by atoms with Gasteiger partial charge in [0.05, 0.1) is 30.8 Å². The van der Waals surface area contributed by atoms with E-state index < -0.39 is 29.4 Å². The van der Waals surface area contributed by atoms with Gasteiger partial charge in [0.2, 0.25) is 11.6 Å². The summed E-state index contributed by atoms with van der Waals surface area (Å²) in [6, 6.07) is 19.6. The lowest BCUT2D eigenvalue weighted by Gasteiger charge is -2.19. The summed E-state index contributed by atoms with van der Waals surface area (Å²) in [7, 11) is 3.18. The summed E-state index contributed by atoms with van der Waals surface area (Å²) in [6.07, 6.45) is -8.45. The first-order chi connectivity index (χ1) is 26.5. The van der Waals surface area contributed by atoms with E-state index >= 15 is 0 Å². The number of aromatic nitrogens is 8. The number of carboxylic acids is 1. The van der Waals surface area contributed by atoms with Gasteiger partial charge in [0.25, 0.3) is 5.91 Å².